The van der Waals surface area contributed by atoms with E-state index in [1.54, 1.807) is 19.5 Å². The van der Waals surface area contributed by atoms with Crippen molar-refractivity contribution in [2.75, 3.05) is 19.0 Å². The molecule has 8 heteroatoms. The molecular weight excluding hydrogens is 340 g/mol. The SMILES string of the molecule is CCc1cnc(CNc2cnn(CCOC)c(=O)c2Br)o1. The predicted molar refractivity (Wildman–Crippen MR) is 81.3 cm³/mol. The highest BCUT2D eigenvalue weighted by atomic mass is 79.9. The third kappa shape index (κ3) is 3.92. The maximum atomic E-state index is 12.1. The summed E-state index contributed by atoms with van der Waals surface area (Å²) in [5.41, 5.74) is 0.392. The molecule has 21 heavy (non-hydrogen) atoms. The summed E-state index contributed by atoms with van der Waals surface area (Å²) in [5.74, 6) is 1.40. The van der Waals surface area contributed by atoms with Crippen LogP contribution in [-0.2, 0) is 24.2 Å². The Morgan fingerprint density at radius 1 is 1.48 bits per heavy atom. The highest BCUT2D eigenvalue weighted by Gasteiger charge is 2.10. The van der Waals surface area contributed by atoms with Gasteiger partial charge < -0.3 is 14.5 Å². The molecule has 0 saturated carbocycles. The van der Waals surface area contributed by atoms with Gasteiger partial charge in [0.05, 0.1) is 37.8 Å². The van der Waals surface area contributed by atoms with Crippen LogP contribution < -0.4 is 10.9 Å². The van der Waals surface area contributed by atoms with E-state index in [0.29, 0.717) is 35.7 Å². The van der Waals surface area contributed by atoms with Crippen LogP contribution in [0.5, 0.6) is 0 Å². The zero-order valence-electron chi connectivity index (χ0n) is 11.9. The number of halogens is 1. The van der Waals surface area contributed by atoms with Gasteiger partial charge in [0.1, 0.15) is 10.2 Å². The third-order valence-corrected chi connectivity index (χ3v) is 3.64. The minimum atomic E-state index is -0.210. The smallest absolute Gasteiger partial charge is 0.283 e. The van der Waals surface area contributed by atoms with Crippen molar-refractivity contribution in [1.82, 2.24) is 14.8 Å². The van der Waals surface area contributed by atoms with Crippen LogP contribution in [0.1, 0.15) is 18.6 Å². The van der Waals surface area contributed by atoms with Gasteiger partial charge in [-0.1, -0.05) is 6.92 Å². The molecule has 0 aromatic carbocycles. The Labute approximate surface area is 130 Å². The fourth-order valence-electron chi connectivity index (χ4n) is 1.69. The van der Waals surface area contributed by atoms with Gasteiger partial charge in [0, 0.05) is 13.5 Å². The van der Waals surface area contributed by atoms with Crippen LogP contribution in [0, 0.1) is 0 Å². The normalized spacial score (nSPS) is 10.8. The lowest BCUT2D eigenvalue weighted by molar-refractivity contribution is 0.181. The van der Waals surface area contributed by atoms with Crippen molar-refractivity contribution >= 4 is 21.6 Å². The van der Waals surface area contributed by atoms with Crippen molar-refractivity contribution in [3.8, 4) is 0 Å². The molecule has 0 fully saturated rings. The zero-order valence-corrected chi connectivity index (χ0v) is 13.5. The molecule has 0 amide bonds. The standard InChI is InChI=1S/C13H17BrN4O3/c1-3-9-6-16-11(21-9)8-15-10-7-17-18(4-5-20-2)13(19)12(10)14/h6-7,15H,3-5,8H2,1-2H3. The molecule has 1 N–H and O–H groups in total. The van der Waals surface area contributed by atoms with Crippen molar-refractivity contribution in [1.29, 1.82) is 0 Å². The van der Waals surface area contributed by atoms with Gasteiger partial charge in [-0.25, -0.2) is 9.67 Å². The Kier molecular flexibility index (Phi) is 5.51. The average molecular weight is 357 g/mol. The number of hydrogen-bond donors (Lipinski definition) is 1. The Hall–Kier alpha value is -1.67. The second-order valence-corrected chi connectivity index (χ2v) is 5.11. The summed E-state index contributed by atoms with van der Waals surface area (Å²) in [4.78, 5) is 16.2. The van der Waals surface area contributed by atoms with Crippen LogP contribution in [0.25, 0.3) is 0 Å². The van der Waals surface area contributed by atoms with Crippen molar-refractivity contribution in [2.24, 2.45) is 0 Å². The van der Waals surface area contributed by atoms with Gasteiger partial charge in [-0.15, -0.1) is 0 Å². The first kappa shape index (κ1) is 15.7. The maximum absolute atomic E-state index is 12.1. The lowest BCUT2D eigenvalue weighted by Crippen LogP contribution is -2.26. The molecule has 0 aliphatic rings. The number of rotatable bonds is 7. The molecule has 0 unspecified atom stereocenters. The molecule has 2 aromatic heterocycles. The van der Waals surface area contributed by atoms with Crippen LogP contribution >= 0.6 is 15.9 Å². The number of nitrogens with zero attached hydrogens (tertiary/aromatic N) is 3. The topological polar surface area (TPSA) is 82.2 Å². The van der Waals surface area contributed by atoms with Crippen LogP contribution in [0.15, 0.2) is 26.1 Å². The summed E-state index contributed by atoms with van der Waals surface area (Å²) in [7, 11) is 1.58. The van der Waals surface area contributed by atoms with E-state index >= 15 is 0 Å². The number of oxazole rings is 1. The molecule has 7 nitrogen and oxygen atoms in total. The minimum Gasteiger partial charge on any atom is -0.444 e. The van der Waals surface area contributed by atoms with Gasteiger partial charge in [-0.2, -0.15) is 5.10 Å². The number of aromatic nitrogens is 3. The molecule has 0 spiro atoms. The van der Waals surface area contributed by atoms with E-state index in [4.69, 9.17) is 9.15 Å². The minimum absolute atomic E-state index is 0.210. The van der Waals surface area contributed by atoms with Crippen molar-refractivity contribution < 1.29 is 9.15 Å². The molecule has 114 valence electrons. The van der Waals surface area contributed by atoms with E-state index in [1.165, 1.54) is 4.68 Å². The Morgan fingerprint density at radius 3 is 2.95 bits per heavy atom. The number of aryl methyl sites for hydroxylation is 1. The van der Waals surface area contributed by atoms with E-state index in [1.807, 2.05) is 6.92 Å². The largest absolute Gasteiger partial charge is 0.444 e. The van der Waals surface area contributed by atoms with Gasteiger partial charge >= 0.3 is 0 Å². The van der Waals surface area contributed by atoms with Crippen LogP contribution in [0.3, 0.4) is 0 Å². The molecular formula is C13H17BrN4O3. The van der Waals surface area contributed by atoms with E-state index < -0.39 is 0 Å². The van der Waals surface area contributed by atoms with Crippen molar-refractivity contribution in [3.05, 3.63) is 38.9 Å². The fraction of sp³-hybridized carbons (Fsp3) is 0.462. The molecule has 0 saturated heterocycles. The third-order valence-electron chi connectivity index (χ3n) is 2.87. The summed E-state index contributed by atoms with van der Waals surface area (Å²) in [6, 6.07) is 0. The molecule has 0 atom stereocenters. The van der Waals surface area contributed by atoms with E-state index in [2.05, 4.69) is 31.3 Å². The van der Waals surface area contributed by atoms with Gasteiger partial charge in [0.25, 0.3) is 5.56 Å². The second-order valence-electron chi connectivity index (χ2n) is 4.32. The van der Waals surface area contributed by atoms with Crippen LogP contribution in [0.2, 0.25) is 0 Å². The van der Waals surface area contributed by atoms with Crippen LogP contribution in [0.4, 0.5) is 5.69 Å². The predicted octanol–water partition coefficient (Wildman–Crippen LogP) is 1.81. The van der Waals surface area contributed by atoms with Crippen molar-refractivity contribution in [2.45, 2.75) is 26.4 Å². The Bertz CT molecular complexity index is 653. The summed E-state index contributed by atoms with van der Waals surface area (Å²) < 4.78 is 12.2. The fourth-order valence-corrected chi connectivity index (χ4v) is 2.14. The Morgan fingerprint density at radius 2 is 2.29 bits per heavy atom. The number of hydrogen-bond acceptors (Lipinski definition) is 6. The van der Waals surface area contributed by atoms with Gasteiger partial charge in [-0.3, -0.25) is 4.79 Å². The summed E-state index contributed by atoms with van der Waals surface area (Å²) in [6.45, 7) is 3.23. The molecule has 0 aliphatic heterocycles. The highest BCUT2D eigenvalue weighted by Crippen LogP contribution is 2.17. The molecule has 0 aliphatic carbocycles. The number of methoxy groups -OCH3 is 1. The summed E-state index contributed by atoms with van der Waals surface area (Å²) in [5, 5.41) is 7.17. The van der Waals surface area contributed by atoms with Gasteiger partial charge in [0.2, 0.25) is 5.89 Å². The quantitative estimate of drug-likeness (QED) is 0.814. The molecule has 0 bridgehead atoms. The zero-order chi connectivity index (χ0) is 15.2. The number of anilines is 1. The first-order valence-electron chi connectivity index (χ1n) is 6.57. The number of nitrogens with one attached hydrogen (secondary N) is 1. The van der Waals surface area contributed by atoms with E-state index in [-0.39, 0.29) is 5.56 Å². The first-order chi connectivity index (χ1) is 10.2. The van der Waals surface area contributed by atoms with Gasteiger partial charge in [0.15, 0.2) is 0 Å². The molecule has 2 aromatic rings. The molecule has 0 radical (unpaired) electrons. The number of ether oxygens (including phenoxy) is 1. The highest BCUT2D eigenvalue weighted by molar-refractivity contribution is 9.10. The van der Waals surface area contributed by atoms with Gasteiger partial charge in [-0.05, 0) is 15.9 Å². The summed E-state index contributed by atoms with van der Waals surface area (Å²) in [6.07, 6.45) is 4.09. The second kappa shape index (κ2) is 7.37. The van der Waals surface area contributed by atoms with Crippen LogP contribution in [-0.4, -0.2) is 28.5 Å². The first-order valence-corrected chi connectivity index (χ1v) is 7.37. The monoisotopic (exact) mass is 356 g/mol. The lowest BCUT2D eigenvalue weighted by Gasteiger charge is -2.09. The van der Waals surface area contributed by atoms with E-state index in [0.717, 1.165) is 12.2 Å². The molecule has 2 rings (SSSR count). The van der Waals surface area contributed by atoms with E-state index in [9.17, 15) is 4.79 Å². The average Bonchev–Trinajstić information content (AvgIpc) is 2.96. The summed E-state index contributed by atoms with van der Waals surface area (Å²) >= 11 is 3.29. The van der Waals surface area contributed by atoms with Crippen molar-refractivity contribution in [3.63, 3.8) is 0 Å². The maximum Gasteiger partial charge on any atom is 0.283 e. The molecule has 2 heterocycles. The lowest BCUT2D eigenvalue weighted by atomic mass is 10.4. The Balaban J connectivity index is 2.06.